The number of aliphatic hydroxyl groups is 1. The fraction of sp³-hybridized carbons (Fsp3) is 0.571. The third-order valence-electron chi connectivity index (χ3n) is 6.81. The van der Waals surface area contributed by atoms with Crippen molar-refractivity contribution in [1.29, 1.82) is 0 Å². The molecule has 0 atom stereocenters. The van der Waals surface area contributed by atoms with Crippen LogP contribution in [0.1, 0.15) is 62.5 Å². The largest absolute Gasteiger partial charge is 0.393 e. The van der Waals surface area contributed by atoms with Crippen LogP contribution in [0.2, 0.25) is 0 Å². The first-order valence-corrected chi connectivity index (χ1v) is 12.5. The zero-order valence-electron chi connectivity index (χ0n) is 19.6. The second kappa shape index (κ2) is 12.6. The molecule has 5 heteroatoms. The Hall–Kier alpha value is -1.76. The molecule has 1 spiro atoms. The molecule has 0 bridgehead atoms. The van der Waals surface area contributed by atoms with Crippen LogP contribution >= 0.6 is 0 Å². The summed E-state index contributed by atoms with van der Waals surface area (Å²) in [6.07, 6.45) is 8.36. The molecule has 3 fully saturated rings. The minimum atomic E-state index is -0.271. The summed E-state index contributed by atoms with van der Waals surface area (Å²) in [5.41, 5.74) is 2.47. The molecule has 2 aromatic rings. The highest BCUT2D eigenvalue weighted by molar-refractivity contribution is 5.14. The zero-order valence-corrected chi connectivity index (χ0v) is 19.6. The van der Waals surface area contributed by atoms with Crippen molar-refractivity contribution in [1.82, 2.24) is 0 Å². The quantitative estimate of drug-likeness (QED) is 0.634. The van der Waals surface area contributed by atoms with Gasteiger partial charge in [-0.25, -0.2) is 0 Å². The lowest BCUT2D eigenvalue weighted by molar-refractivity contribution is -0.192. The Bertz CT molecular complexity index is 772. The summed E-state index contributed by atoms with van der Waals surface area (Å²) in [4.78, 5) is 0. The Kier molecular flexibility index (Phi) is 9.33. The molecule has 5 nitrogen and oxygen atoms in total. The number of benzene rings is 2. The van der Waals surface area contributed by atoms with Gasteiger partial charge in [-0.05, 0) is 49.7 Å². The Morgan fingerprint density at radius 3 is 1.61 bits per heavy atom. The first-order valence-electron chi connectivity index (χ1n) is 12.5. The molecule has 0 aromatic heterocycles. The van der Waals surface area contributed by atoms with E-state index >= 15 is 0 Å². The van der Waals surface area contributed by atoms with Gasteiger partial charge < -0.3 is 24.1 Å². The van der Waals surface area contributed by atoms with Crippen molar-refractivity contribution in [2.45, 2.75) is 88.7 Å². The van der Waals surface area contributed by atoms with Gasteiger partial charge >= 0.3 is 0 Å². The minimum Gasteiger partial charge on any atom is -0.393 e. The number of rotatable bonds is 6. The van der Waals surface area contributed by atoms with Crippen LogP contribution in [0.25, 0.3) is 0 Å². The van der Waals surface area contributed by atoms with Gasteiger partial charge in [0.1, 0.15) is 0 Å². The molecule has 1 N–H and O–H groups in total. The van der Waals surface area contributed by atoms with Crippen LogP contribution in [0, 0.1) is 0 Å². The van der Waals surface area contributed by atoms with Gasteiger partial charge in [-0.15, -0.1) is 0 Å². The van der Waals surface area contributed by atoms with E-state index in [9.17, 15) is 5.11 Å². The molecule has 2 aliphatic carbocycles. The second-order valence-corrected chi connectivity index (χ2v) is 9.33. The summed E-state index contributed by atoms with van der Waals surface area (Å²) >= 11 is 0. The molecule has 0 radical (unpaired) electrons. The van der Waals surface area contributed by atoms with E-state index < -0.39 is 0 Å². The summed E-state index contributed by atoms with van der Waals surface area (Å²) < 4.78 is 23.2. The Balaban J connectivity index is 0.000000160. The van der Waals surface area contributed by atoms with Crippen LogP contribution in [0.3, 0.4) is 0 Å². The molecular formula is C28H38O5. The van der Waals surface area contributed by atoms with Gasteiger partial charge in [0.25, 0.3) is 0 Å². The summed E-state index contributed by atoms with van der Waals surface area (Å²) in [5.74, 6) is -0.271. The average Bonchev–Trinajstić information content (AvgIpc) is 3.33. The molecule has 1 heterocycles. The summed E-state index contributed by atoms with van der Waals surface area (Å²) in [7, 11) is 0. The van der Waals surface area contributed by atoms with Crippen molar-refractivity contribution < 1.29 is 24.1 Å². The van der Waals surface area contributed by atoms with E-state index in [2.05, 4.69) is 36.4 Å². The minimum absolute atomic E-state index is 0.0958. The van der Waals surface area contributed by atoms with Gasteiger partial charge in [0, 0.05) is 12.8 Å². The molecule has 1 saturated heterocycles. The monoisotopic (exact) mass is 454 g/mol. The molecule has 3 aliphatic rings. The normalized spacial score (nSPS) is 24.9. The van der Waals surface area contributed by atoms with Gasteiger partial charge in [0.05, 0.1) is 44.7 Å². The first kappa shape index (κ1) is 24.4. The van der Waals surface area contributed by atoms with Crippen molar-refractivity contribution in [3.8, 4) is 0 Å². The molecule has 5 rings (SSSR count). The van der Waals surface area contributed by atoms with Crippen molar-refractivity contribution in [2.24, 2.45) is 0 Å². The van der Waals surface area contributed by atoms with Crippen molar-refractivity contribution >= 4 is 0 Å². The van der Waals surface area contributed by atoms with Crippen LogP contribution in [0.15, 0.2) is 60.7 Å². The van der Waals surface area contributed by atoms with Crippen LogP contribution < -0.4 is 0 Å². The number of ether oxygens (including phenoxy) is 4. The number of hydrogen-bond acceptors (Lipinski definition) is 5. The highest BCUT2D eigenvalue weighted by Gasteiger charge is 2.40. The van der Waals surface area contributed by atoms with Crippen molar-refractivity contribution in [3.05, 3.63) is 71.8 Å². The SMILES string of the molecule is OC1CCC(OCc2ccccc2)CC1.c1ccc(COC2CCC3(CC2)OCCO3)cc1. The highest BCUT2D eigenvalue weighted by atomic mass is 16.7. The van der Waals surface area contributed by atoms with E-state index in [1.807, 2.05) is 24.3 Å². The predicted octanol–water partition coefficient (Wildman–Crippen LogP) is 5.40. The molecule has 180 valence electrons. The van der Waals surface area contributed by atoms with Crippen LogP contribution in [-0.4, -0.2) is 42.4 Å². The van der Waals surface area contributed by atoms with E-state index in [1.165, 1.54) is 11.1 Å². The molecule has 0 unspecified atom stereocenters. The van der Waals surface area contributed by atoms with E-state index in [-0.39, 0.29) is 11.9 Å². The lowest BCUT2D eigenvalue weighted by atomic mass is 9.92. The molecule has 2 aromatic carbocycles. The number of aliphatic hydroxyl groups excluding tert-OH is 1. The zero-order chi connectivity index (χ0) is 22.8. The van der Waals surface area contributed by atoms with Crippen LogP contribution in [0.4, 0.5) is 0 Å². The smallest absolute Gasteiger partial charge is 0.168 e. The fourth-order valence-electron chi connectivity index (χ4n) is 4.77. The average molecular weight is 455 g/mol. The van der Waals surface area contributed by atoms with Crippen molar-refractivity contribution in [3.63, 3.8) is 0 Å². The third kappa shape index (κ3) is 7.90. The summed E-state index contributed by atoms with van der Waals surface area (Å²) in [5, 5.41) is 9.36. The molecule has 33 heavy (non-hydrogen) atoms. The Morgan fingerprint density at radius 2 is 1.12 bits per heavy atom. The molecule has 1 aliphatic heterocycles. The maximum absolute atomic E-state index is 9.36. The van der Waals surface area contributed by atoms with Gasteiger partial charge in [-0.2, -0.15) is 0 Å². The van der Waals surface area contributed by atoms with E-state index in [4.69, 9.17) is 18.9 Å². The third-order valence-corrected chi connectivity index (χ3v) is 6.81. The molecular weight excluding hydrogens is 416 g/mol. The highest BCUT2D eigenvalue weighted by Crippen LogP contribution is 2.36. The maximum Gasteiger partial charge on any atom is 0.168 e. The van der Waals surface area contributed by atoms with Gasteiger partial charge in [0.15, 0.2) is 5.79 Å². The van der Waals surface area contributed by atoms with Gasteiger partial charge in [-0.3, -0.25) is 0 Å². The summed E-state index contributed by atoms with van der Waals surface area (Å²) in [6.45, 7) is 2.90. The van der Waals surface area contributed by atoms with Gasteiger partial charge in [0.2, 0.25) is 0 Å². The predicted molar refractivity (Wildman–Crippen MR) is 128 cm³/mol. The van der Waals surface area contributed by atoms with Gasteiger partial charge in [-0.1, -0.05) is 60.7 Å². The first-order chi connectivity index (χ1) is 16.2. The summed E-state index contributed by atoms with van der Waals surface area (Å²) in [6, 6.07) is 20.6. The van der Waals surface area contributed by atoms with Crippen LogP contribution in [0.5, 0.6) is 0 Å². The second-order valence-electron chi connectivity index (χ2n) is 9.33. The lowest BCUT2D eigenvalue weighted by Crippen LogP contribution is -2.37. The Morgan fingerprint density at radius 1 is 0.667 bits per heavy atom. The lowest BCUT2D eigenvalue weighted by Gasteiger charge is -2.35. The molecule has 0 amide bonds. The van der Waals surface area contributed by atoms with Crippen LogP contribution in [-0.2, 0) is 32.2 Å². The maximum atomic E-state index is 9.36. The number of hydrogen-bond donors (Lipinski definition) is 1. The fourth-order valence-corrected chi connectivity index (χ4v) is 4.77. The van der Waals surface area contributed by atoms with E-state index in [0.717, 1.165) is 64.6 Å². The van der Waals surface area contributed by atoms with E-state index in [0.29, 0.717) is 25.4 Å². The topological polar surface area (TPSA) is 57.2 Å². The van der Waals surface area contributed by atoms with Crippen molar-refractivity contribution in [2.75, 3.05) is 13.2 Å². The standard InChI is InChI=1S/C15H20O3.C13H18O2/c1-2-4-13(5-3-1)12-16-14-6-8-15(9-7-14)17-10-11-18-15;14-12-6-8-13(9-7-12)15-10-11-4-2-1-3-5-11/h1-5,14H,6-12H2;1-5,12-14H,6-10H2. The Labute approximate surface area is 198 Å². The van der Waals surface area contributed by atoms with E-state index in [1.54, 1.807) is 0 Å². The molecule has 2 saturated carbocycles.